The zero-order valence-electron chi connectivity index (χ0n) is 10.9. The molecule has 22 heavy (non-hydrogen) atoms. The number of allylic oxidation sites excluding steroid dienone is 1. The molecule has 0 saturated heterocycles. The molecule has 0 unspecified atom stereocenters. The second kappa shape index (κ2) is 6.19. The Morgan fingerprint density at radius 3 is 2.41 bits per heavy atom. The van der Waals surface area contributed by atoms with Gasteiger partial charge in [-0.15, -0.1) is 0 Å². The molecule has 2 rings (SSSR count). The minimum atomic E-state index is -4.41. The Morgan fingerprint density at radius 2 is 1.86 bits per heavy atom. The molecule has 7 heteroatoms. The average molecular weight is 328 g/mol. The third-order valence-corrected chi connectivity index (χ3v) is 2.94. The van der Waals surface area contributed by atoms with Gasteiger partial charge in [-0.05, 0) is 23.8 Å². The lowest BCUT2D eigenvalue weighted by atomic mass is 10.1. The lowest BCUT2D eigenvalue weighted by molar-refractivity contribution is -0.137. The summed E-state index contributed by atoms with van der Waals surface area (Å²) in [6.07, 6.45) is -0.756. The van der Waals surface area contributed by atoms with Gasteiger partial charge in [0.25, 0.3) is 0 Å². The van der Waals surface area contributed by atoms with Crippen LogP contribution in [0.2, 0.25) is 5.02 Å². The van der Waals surface area contributed by atoms with E-state index in [1.165, 1.54) is 30.5 Å². The van der Waals surface area contributed by atoms with Gasteiger partial charge in [-0.1, -0.05) is 29.8 Å². The fraction of sp³-hybridized carbons (Fsp3) is 0.0667. The predicted molar refractivity (Wildman–Crippen MR) is 75.7 cm³/mol. The van der Waals surface area contributed by atoms with Gasteiger partial charge in [-0.2, -0.15) is 13.2 Å². The molecule has 0 aliphatic heterocycles. The fourth-order valence-corrected chi connectivity index (χ4v) is 1.80. The van der Waals surface area contributed by atoms with Crippen molar-refractivity contribution in [3.8, 4) is 5.75 Å². The Labute approximate surface area is 128 Å². The zero-order valence-corrected chi connectivity index (χ0v) is 11.7. The zero-order chi connectivity index (χ0) is 16.3. The van der Waals surface area contributed by atoms with Crippen molar-refractivity contribution in [1.29, 1.82) is 0 Å². The molecule has 1 aromatic carbocycles. The summed E-state index contributed by atoms with van der Waals surface area (Å²) >= 11 is 5.60. The maximum atomic E-state index is 12.4. The molecule has 1 aromatic heterocycles. The molecule has 0 radical (unpaired) electrons. The molecule has 0 spiro atoms. The maximum Gasteiger partial charge on any atom is 0.416 e. The van der Waals surface area contributed by atoms with Gasteiger partial charge in [0.2, 0.25) is 5.78 Å². The molecule has 114 valence electrons. The maximum absolute atomic E-state index is 12.4. The first kappa shape index (κ1) is 16.0. The standard InChI is InChI=1S/C15H9ClF3NO2/c16-11-7-13(22)14(20-8-11)12(21)6-3-9-1-4-10(5-2-9)15(17,18)19/h1-8,22H. The van der Waals surface area contributed by atoms with Crippen molar-refractivity contribution in [3.63, 3.8) is 0 Å². The van der Waals surface area contributed by atoms with E-state index in [4.69, 9.17) is 11.6 Å². The van der Waals surface area contributed by atoms with E-state index in [0.717, 1.165) is 18.2 Å². The molecular formula is C15H9ClF3NO2. The van der Waals surface area contributed by atoms with Crippen molar-refractivity contribution in [2.75, 3.05) is 0 Å². The van der Waals surface area contributed by atoms with Gasteiger partial charge in [0.1, 0.15) is 5.75 Å². The summed E-state index contributed by atoms with van der Waals surface area (Å²) in [5.74, 6) is -0.955. The van der Waals surface area contributed by atoms with Gasteiger partial charge in [-0.25, -0.2) is 4.98 Å². The van der Waals surface area contributed by atoms with Gasteiger partial charge >= 0.3 is 6.18 Å². The highest BCUT2D eigenvalue weighted by molar-refractivity contribution is 6.30. The molecule has 0 saturated carbocycles. The van der Waals surface area contributed by atoms with Crippen molar-refractivity contribution < 1.29 is 23.1 Å². The van der Waals surface area contributed by atoms with Crippen molar-refractivity contribution >= 4 is 23.5 Å². The van der Waals surface area contributed by atoms with Crippen LogP contribution in [0.25, 0.3) is 6.08 Å². The van der Waals surface area contributed by atoms with Gasteiger partial charge in [0.05, 0.1) is 10.6 Å². The van der Waals surface area contributed by atoms with Crippen molar-refractivity contribution in [2.24, 2.45) is 0 Å². The number of nitrogens with zero attached hydrogens (tertiary/aromatic N) is 1. The molecule has 0 amide bonds. The van der Waals surface area contributed by atoms with Crippen LogP contribution in [0.4, 0.5) is 13.2 Å². The number of benzene rings is 1. The molecule has 2 aromatic rings. The van der Waals surface area contributed by atoms with Crippen LogP contribution < -0.4 is 0 Å². The van der Waals surface area contributed by atoms with Crippen LogP contribution in [0, 0.1) is 0 Å². The normalized spacial score (nSPS) is 11.8. The average Bonchev–Trinajstić information content (AvgIpc) is 2.44. The summed E-state index contributed by atoms with van der Waals surface area (Å²) < 4.78 is 37.2. The summed E-state index contributed by atoms with van der Waals surface area (Å²) in [5.41, 5.74) is -0.546. The van der Waals surface area contributed by atoms with Gasteiger partial charge < -0.3 is 5.11 Å². The van der Waals surface area contributed by atoms with Gasteiger partial charge in [-0.3, -0.25) is 4.79 Å². The molecule has 0 aliphatic rings. The quantitative estimate of drug-likeness (QED) is 0.673. The SMILES string of the molecule is O=C(C=Cc1ccc(C(F)(F)F)cc1)c1ncc(Cl)cc1O. The lowest BCUT2D eigenvalue weighted by Gasteiger charge is -2.05. The first-order chi connectivity index (χ1) is 10.3. The number of rotatable bonds is 3. The summed E-state index contributed by atoms with van der Waals surface area (Å²) in [6, 6.07) is 5.49. The molecule has 0 bridgehead atoms. The van der Waals surface area contributed by atoms with E-state index in [1.54, 1.807) is 0 Å². The van der Waals surface area contributed by atoms with Gasteiger partial charge in [0.15, 0.2) is 5.69 Å². The van der Waals surface area contributed by atoms with Crippen molar-refractivity contribution in [3.05, 3.63) is 64.4 Å². The number of ketones is 1. The van der Waals surface area contributed by atoms with E-state index in [1.807, 2.05) is 0 Å². The second-order valence-electron chi connectivity index (χ2n) is 4.34. The van der Waals surface area contributed by atoms with E-state index in [2.05, 4.69) is 4.98 Å². The van der Waals surface area contributed by atoms with Crippen molar-refractivity contribution in [1.82, 2.24) is 4.98 Å². The topological polar surface area (TPSA) is 50.2 Å². The van der Waals surface area contributed by atoms with Crippen LogP contribution in [0.5, 0.6) is 5.75 Å². The fourth-order valence-electron chi connectivity index (χ4n) is 1.65. The van der Waals surface area contributed by atoms with Crippen LogP contribution in [-0.2, 0) is 6.18 Å². The van der Waals surface area contributed by atoms with Crippen LogP contribution in [-0.4, -0.2) is 15.9 Å². The summed E-state index contributed by atoms with van der Waals surface area (Å²) in [4.78, 5) is 15.5. The summed E-state index contributed by atoms with van der Waals surface area (Å²) in [5, 5.41) is 9.74. The Bertz CT molecular complexity index is 725. The molecule has 0 atom stereocenters. The number of hydrogen-bond donors (Lipinski definition) is 1. The Kier molecular flexibility index (Phi) is 4.51. The van der Waals surface area contributed by atoms with E-state index in [-0.39, 0.29) is 16.5 Å². The van der Waals surface area contributed by atoms with Crippen molar-refractivity contribution in [2.45, 2.75) is 6.18 Å². The number of aromatic hydroxyl groups is 1. The number of pyridine rings is 1. The molecule has 1 heterocycles. The lowest BCUT2D eigenvalue weighted by Crippen LogP contribution is -2.04. The number of alkyl halides is 3. The van der Waals surface area contributed by atoms with Gasteiger partial charge in [0, 0.05) is 12.3 Å². The van der Waals surface area contributed by atoms with Crippen LogP contribution in [0.15, 0.2) is 42.6 Å². The van der Waals surface area contributed by atoms with E-state index in [9.17, 15) is 23.1 Å². The van der Waals surface area contributed by atoms with Crippen LogP contribution in [0.3, 0.4) is 0 Å². The van der Waals surface area contributed by atoms with Crippen LogP contribution in [0.1, 0.15) is 21.6 Å². The smallest absolute Gasteiger partial charge is 0.416 e. The minimum absolute atomic E-state index is 0.181. The number of halogens is 4. The highest BCUT2D eigenvalue weighted by Crippen LogP contribution is 2.29. The van der Waals surface area contributed by atoms with E-state index in [0.29, 0.717) is 5.56 Å². The highest BCUT2D eigenvalue weighted by atomic mass is 35.5. The van der Waals surface area contributed by atoms with Crippen LogP contribution >= 0.6 is 11.6 Å². The minimum Gasteiger partial charge on any atom is -0.505 e. The number of aromatic nitrogens is 1. The highest BCUT2D eigenvalue weighted by Gasteiger charge is 2.29. The monoisotopic (exact) mass is 327 g/mol. The summed E-state index contributed by atoms with van der Waals surface area (Å²) in [7, 11) is 0. The number of carbonyl (C=O) groups excluding carboxylic acids is 1. The Hall–Kier alpha value is -2.34. The Balaban J connectivity index is 2.16. The second-order valence-corrected chi connectivity index (χ2v) is 4.78. The molecule has 3 nitrogen and oxygen atoms in total. The number of carbonyl (C=O) groups is 1. The van der Waals surface area contributed by atoms with E-state index < -0.39 is 17.5 Å². The van der Waals surface area contributed by atoms with E-state index >= 15 is 0 Å². The Morgan fingerprint density at radius 1 is 1.23 bits per heavy atom. The third kappa shape index (κ3) is 3.85. The number of hydrogen-bond acceptors (Lipinski definition) is 3. The predicted octanol–water partition coefficient (Wildman–Crippen LogP) is 4.36. The molecule has 0 aliphatic carbocycles. The molecule has 0 fully saturated rings. The molecular weight excluding hydrogens is 319 g/mol. The summed E-state index contributed by atoms with van der Waals surface area (Å²) in [6.45, 7) is 0. The largest absolute Gasteiger partial charge is 0.505 e. The molecule has 1 N–H and O–H groups in total. The first-order valence-corrected chi connectivity index (χ1v) is 6.39. The first-order valence-electron chi connectivity index (χ1n) is 6.01. The third-order valence-electron chi connectivity index (χ3n) is 2.73.